The number of hydrogen-bond donors (Lipinski definition) is 1. The Morgan fingerprint density at radius 2 is 1.79 bits per heavy atom. The lowest BCUT2D eigenvalue weighted by Gasteiger charge is -2.28. The molecule has 0 bridgehead atoms. The second-order valence-electron chi connectivity index (χ2n) is 8.10. The molecule has 1 aromatic carbocycles. The number of aromatic nitrogens is 2. The molecule has 2 aliphatic rings. The van der Waals surface area contributed by atoms with Gasteiger partial charge in [-0.05, 0) is 63.8 Å². The van der Waals surface area contributed by atoms with Gasteiger partial charge in [0.05, 0.1) is 34.6 Å². The first-order valence-corrected chi connectivity index (χ1v) is 12.1. The third-order valence-electron chi connectivity index (χ3n) is 5.97. The van der Waals surface area contributed by atoms with Crippen molar-refractivity contribution in [2.24, 2.45) is 0 Å². The van der Waals surface area contributed by atoms with E-state index in [1.165, 1.54) is 19.3 Å². The van der Waals surface area contributed by atoms with Gasteiger partial charge < -0.3 is 10.2 Å². The van der Waals surface area contributed by atoms with E-state index in [4.69, 9.17) is 0 Å². The molecule has 2 fully saturated rings. The van der Waals surface area contributed by atoms with Crippen LogP contribution in [0.15, 0.2) is 24.3 Å². The highest BCUT2D eigenvalue weighted by Crippen LogP contribution is 2.29. The summed E-state index contributed by atoms with van der Waals surface area (Å²) < 4.78 is 25.4. The van der Waals surface area contributed by atoms with Gasteiger partial charge in [0.2, 0.25) is 0 Å². The van der Waals surface area contributed by atoms with Gasteiger partial charge in [0.15, 0.2) is 9.84 Å². The summed E-state index contributed by atoms with van der Waals surface area (Å²) in [6.07, 6.45) is 4.28. The van der Waals surface area contributed by atoms with E-state index < -0.39 is 9.84 Å². The number of carbonyl (C=O) groups excluding carboxylic acids is 1. The van der Waals surface area contributed by atoms with Gasteiger partial charge >= 0.3 is 0 Å². The summed E-state index contributed by atoms with van der Waals surface area (Å²) >= 11 is 0. The van der Waals surface area contributed by atoms with E-state index in [0.29, 0.717) is 23.4 Å². The standard InChI is InChI=1S/C21H28N4O3S/c1-15-20(16(2)25(23-15)19-10-13-29(27,28)14-19)22-21(26)17-6-8-18(9-7-17)24-11-4-3-5-12-24/h6-9,19H,3-5,10-14H2,1-2H3,(H,22,26). The van der Waals surface area contributed by atoms with E-state index in [-0.39, 0.29) is 23.5 Å². The van der Waals surface area contributed by atoms with Crippen LogP contribution in [0.25, 0.3) is 0 Å². The maximum atomic E-state index is 12.8. The molecule has 0 aliphatic carbocycles. The maximum Gasteiger partial charge on any atom is 0.255 e. The Hall–Kier alpha value is -2.35. The first-order chi connectivity index (χ1) is 13.8. The molecule has 2 aromatic rings. The first-order valence-electron chi connectivity index (χ1n) is 10.3. The predicted octanol–water partition coefficient (Wildman–Crippen LogP) is 3.10. The Kier molecular flexibility index (Phi) is 5.38. The van der Waals surface area contributed by atoms with Crippen molar-refractivity contribution in [3.05, 3.63) is 41.2 Å². The second-order valence-corrected chi connectivity index (χ2v) is 10.3. The van der Waals surface area contributed by atoms with E-state index in [9.17, 15) is 13.2 Å². The van der Waals surface area contributed by atoms with Gasteiger partial charge in [0, 0.05) is 24.3 Å². The van der Waals surface area contributed by atoms with Gasteiger partial charge in [-0.2, -0.15) is 5.10 Å². The van der Waals surface area contributed by atoms with Gasteiger partial charge in [0.1, 0.15) is 0 Å². The number of piperidine rings is 1. The Bertz CT molecular complexity index is 1010. The van der Waals surface area contributed by atoms with Crippen LogP contribution in [-0.4, -0.2) is 48.7 Å². The fraction of sp³-hybridized carbons (Fsp3) is 0.524. The van der Waals surface area contributed by atoms with E-state index in [1.54, 1.807) is 4.68 Å². The number of benzene rings is 1. The van der Waals surface area contributed by atoms with Crippen LogP contribution in [0.1, 0.15) is 53.5 Å². The Balaban J connectivity index is 1.48. The van der Waals surface area contributed by atoms with Crippen LogP contribution in [0.2, 0.25) is 0 Å². The number of nitrogens with zero attached hydrogens (tertiary/aromatic N) is 3. The van der Waals surface area contributed by atoms with Crippen molar-refractivity contribution >= 4 is 27.1 Å². The molecule has 2 saturated heterocycles. The monoisotopic (exact) mass is 416 g/mol. The summed E-state index contributed by atoms with van der Waals surface area (Å²) in [5.74, 6) is 0.126. The molecule has 1 amide bonds. The molecule has 7 nitrogen and oxygen atoms in total. The number of hydrogen-bond acceptors (Lipinski definition) is 5. The fourth-order valence-electron chi connectivity index (χ4n) is 4.33. The number of rotatable bonds is 4. The molecule has 1 aromatic heterocycles. The number of sulfone groups is 1. The maximum absolute atomic E-state index is 12.8. The summed E-state index contributed by atoms with van der Waals surface area (Å²) in [7, 11) is -3.00. The molecule has 1 unspecified atom stereocenters. The van der Waals surface area contributed by atoms with Crippen LogP contribution in [0.5, 0.6) is 0 Å². The minimum absolute atomic E-state index is 0.111. The fourth-order valence-corrected chi connectivity index (χ4v) is 6.02. The highest BCUT2D eigenvalue weighted by molar-refractivity contribution is 7.91. The molecular weight excluding hydrogens is 388 g/mol. The highest BCUT2D eigenvalue weighted by Gasteiger charge is 2.31. The zero-order valence-electron chi connectivity index (χ0n) is 17.0. The molecule has 2 aliphatic heterocycles. The zero-order valence-corrected chi connectivity index (χ0v) is 17.8. The normalized spacial score (nSPS) is 21.3. The van der Waals surface area contributed by atoms with Crippen molar-refractivity contribution < 1.29 is 13.2 Å². The first kappa shape index (κ1) is 19.9. The van der Waals surface area contributed by atoms with Crippen molar-refractivity contribution in [2.75, 3.05) is 34.8 Å². The van der Waals surface area contributed by atoms with Crippen LogP contribution < -0.4 is 10.2 Å². The van der Waals surface area contributed by atoms with E-state index in [1.807, 2.05) is 38.1 Å². The number of carbonyl (C=O) groups is 1. The van der Waals surface area contributed by atoms with Crippen molar-refractivity contribution in [3.8, 4) is 0 Å². The molecule has 0 spiro atoms. The lowest BCUT2D eigenvalue weighted by molar-refractivity contribution is 0.102. The lowest BCUT2D eigenvalue weighted by Crippen LogP contribution is -2.29. The quantitative estimate of drug-likeness (QED) is 0.828. The van der Waals surface area contributed by atoms with Crippen molar-refractivity contribution in [1.82, 2.24) is 9.78 Å². The van der Waals surface area contributed by atoms with E-state index >= 15 is 0 Å². The average Bonchev–Trinajstić information content (AvgIpc) is 3.22. The average molecular weight is 417 g/mol. The number of anilines is 2. The molecule has 156 valence electrons. The van der Waals surface area contributed by atoms with E-state index in [0.717, 1.165) is 24.5 Å². The molecule has 8 heteroatoms. The third-order valence-corrected chi connectivity index (χ3v) is 7.72. The smallest absolute Gasteiger partial charge is 0.255 e. The largest absolute Gasteiger partial charge is 0.372 e. The molecule has 29 heavy (non-hydrogen) atoms. The van der Waals surface area contributed by atoms with Gasteiger partial charge in [-0.1, -0.05) is 0 Å². The SMILES string of the molecule is Cc1nn(C2CCS(=O)(=O)C2)c(C)c1NC(=O)c1ccc(N2CCCCC2)cc1. The van der Waals surface area contributed by atoms with Crippen LogP contribution in [0.4, 0.5) is 11.4 Å². The minimum atomic E-state index is -3.00. The lowest BCUT2D eigenvalue weighted by atomic mass is 10.1. The second kappa shape index (κ2) is 7.82. The van der Waals surface area contributed by atoms with Crippen molar-refractivity contribution in [2.45, 2.75) is 45.6 Å². The molecule has 4 rings (SSSR count). The molecule has 1 atom stereocenters. The van der Waals surface area contributed by atoms with Gasteiger partial charge in [-0.25, -0.2) is 8.42 Å². The minimum Gasteiger partial charge on any atom is -0.372 e. The van der Waals surface area contributed by atoms with Crippen molar-refractivity contribution in [3.63, 3.8) is 0 Å². The van der Waals surface area contributed by atoms with Crippen LogP contribution in [0.3, 0.4) is 0 Å². The van der Waals surface area contributed by atoms with Crippen LogP contribution in [0, 0.1) is 13.8 Å². The Morgan fingerprint density at radius 1 is 1.10 bits per heavy atom. The number of aryl methyl sites for hydroxylation is 1. The van der Waals surface area contributed by atoms with Crippen LogP contribution >= 0.6 is 0 Å². The summed E-state index contributed by atoms with van der Waals surface area (Å²) in [6.45, 7) is 5.85. The van der Waals surface area contributed by atoms with Crippen molar-refractivity contribution in [1.29, 1.82) is 0 Å². The molecule has 0 saturated carbocycles. The van der Waals surface area contributed by atoms with Crippen LogP contribution in [-0.2, 0) is 9.84 Å². The molecular formula is C21H28N4O3S. The predicted molar refractivity (Wildman–Crippen MR) is 114 cm³/mol. The molecule has 0 radical (unpaired) electrons. The Labute approximate surface area is 172 Å². The highest BCUT2D eigenvalue weighted by atomic mass is 32.2. The van der Waals surface area contributed by atoms with Gasteiger partial charge in [-0.3, -0.25) is 9.48 Å². The topological polar surface area (TPSA) is 84.3 Å². The summed E-state index contributed by atoms with van der Waals surface area (Å²) in [4.78, 5) is 15.1. The summed E-state index contributed by atoms with van der Waals surface area (Å²) in [5, 5.41) is 7.48. The summed E-state index contributed by atoms with van der Waals surface area (Å²) in [6, 6.07) is 7.57. The number of amides is 1. The summed E-state index contributed by atoms with van der Waals surface area (Å²) in [5.41, 5.74) is 3.91. The number of nitrogens with one attached hydrogen (secondary N) is 1. The Morgan fingerprint density at radius 3 is 2.41 bits per heavy atom. The molecule has 3 heterocycles. The van der Waals surface area contributed by atoms with E-state index in [2.05, 4.69) is 15.3 Å². The molecule has 1 N–H and O–H groups in total. The third kappa shape index (κ3) is 4.17. The van der Waals surface area contributed by atoms with Gasteiger partial charge in [-0.15, -0.1) is 0 Å². The zero-order chi connectivity index (χ0) is 20.6. The van der Waals surface area contributed by atoms with Gasteiger partial charge in [0.25, 0.3) is 5.91 Å².